The maximum atomic E-state index is 11.0. The van der Waals surface area contributed by atoms with E-state index in [0.29, 0.717) is 18.6 Å². The Bertz CT molecular complexity index is 679. The molecule has 0 aliphatic rings. The van der Waals surface area contributed by atoms with Crippen molar-refractivity contribution in [3.8, 4) is 5.75 Å². The highest BCUT2D eigenvalue weighted by molar-refractivity contribution is 5.80. The minimum Gasteiger partial charge on any atom is -0.487 e. The number of aromatic nitrogens is 2. The lowest BCUT2D eigenvalue weighted by molar-refractivity contribution is -0.384. The van der Waals surface area contributed by atoms with Crippen LogP contribution in [0.1, 0.15) is 28.7 Å². The van der Waals surface area contributed by atoms with Crippen LogP contribution in [0.4, 0.5) is 5.69 Å². The van der Waals surface area contributed by atoms with Gasteiger partial charge in [-0.15, -0.1) is 0 Å². The van der Waals surface area contributed by atoms with Crippen LogP contribution in [-0.2, 0) is 13.2 Å². The number of benzene rings is 1. The normalized spacial score (nSPS) is 10.4. The Balaban J connectivity index is 2.19. The molecule has 0 aliphatic heterocycles. The molecule has 0 radical (unpaired) electrons. The van der Waals surface area contributed by atoms with Crippen LogP contribution in [0.3, 0.4) is 0 Å². The summed E-state index contributed by atoms with van der Waals surface area (Å²) >= 11 is 0. The van der Waals surface area contributed by atoms with Crippen molar-refractivity contribution in [1.82, 2.24) is 9.78 Å². The van der Waals surface area contributed by atoms with Crippen LogP contribution in [0.5, 0.6) is 5.75 Å². The van der Waals surface area contributed by atoms with E-state index in [0.717, 1.165) is 11.4 Å². The van der Waals surface area contributed by atoms with Gasteiger partial charge in [-0.3, -0.25) is 19.6 Å². The molecule has 1 aromatic carbocycles. The zero-order valence-corrected chi connectivity index (χ0v) is 11.8. The van der Waals surface area contributed by atoms with E-state index in [-0.39, 0.29) is 17.9 Å². The first-order valence-corrected chi connectivity index (χ1v) is 6.45. The van der Waals surface area contributed by atoms with E-state index in [4.69, 9.17) is 4.74 Å². The first-order valence-electron chi connectivity index (χ1n) is 6.45. The Morgan fingerprint density at radius 3 is 2.81 bits per heavy atom. The molecule has 2 aromatic rings. The van der Waals surface area contributed by atoms with Crippen molar-refractivity contribution >= 4 is 12.0 Å². The van der Waals surface area contributed by atoms with Crippen molar-refractivity contribution in [3.05, 3.63) is 51.3 Å². The molecular formula is C14H15N3O4. The fourth-order valence-corrected chi connectivity index (χ4v) is 2.01. The first kappa shape index (κ1) is 14.7. The zero-order chi connectivity index (χ0) is 15.4. The molecule has 1 heterocycles. The number of aryl methyl sites for hydroxylation is 2. The topological polar surface area (TPSA) is 87.3 Å². The summed E-state index contributed by atoms with van der Waals surface area (Å²) < 4.78 is 7.40. The van der Waals surface area contributed by atoms with Crippen molar-refractivity contribution in [1.29, 1.82) is 0 Å². The molecule has 0 N–H and O–H groups in total. The zero-order valence-electron chi connectivity index (χ0n) is 11.8. The highest BCUT2D eigenvalue weighted by Gasteiger charge is 2.12. The van der Waals surface area contributed by atoms with Crippen LogP contribution < -0.4 is 4.74 Å². The molecule has 0 amide bonds. The van der Waals surface area contributed by atoms with Crippen LogP contribution >= 0.6 is 0 Å². The number of nitrogens with zero attached hydrogens (tertiary/aromatic N) is 3. The van der Waals surface area contributed by atoms with Gasteiger partial charge in [-0.2, -0.15) is 5.10 Å². The molecule has 0 saturated heterocycles. The summed E-state index contributed by atoms with van der Waals surface area (Å²) in [6.45, 7) is 4.82. The summed E-state index contributed by atoms with van der Waals surface area (Å²) in [7, 11) is 0. The molecule has 110 valence electrons. The van der Waals surface area contributed by atoms with E-state index in [1.807, 2.05) is 19.9 Å². The van der Waals surface area contributed by atoms with E-state index in [1.165, 1.54) is 18.2 Å². The number of nitro groups is 1. The van der Waals surface area contributed by atoms with Crippen molar-refractivity contribution in [2.75, 3.05) is 0 Å². The number of carbonyl (C=O) groups is 1. The molecule has 7 nitrogen and oxygen atoms in total. The third kappa shape index (κ3) is 3.25. The number of carbonyl (C=O) groups excluding carboxylic acids is 1. The fourth-order valence-electron chi connectivity index (χ4n) is 2.01. The highest BCUT2D eigenvalue weighted by atomic mass is 16.6. The molecule has 0 saturated carbocycles. The lowest BCUT2D eigenvalue weighted by Crippen LogP contribution is -2.07. The van der Waals surface area contributed by atoms with E-state index in [9.17, 15) is 14.9 Å². The summed E-state index contributed by atoms with van der Waals surface area (Å²) in [5.74, 6) is 0.317. The third-order valence-electron chi connectivity index (χ3n) is 2.99. The van der Waals surface area contributed by atoms with Gasteiger partial charge in [0.05, 0.1) is 21.9 Å². The summed E-state index contributed by atoms with van der Waals surface area (Å²) in [6.07, 6.45) is 0.546. The second kappa shape index (κ2) is 6.17. The van der Waals surface area contributed by atoms with Gasteiger partial charge in [-0.25, -0.2) is 0 Å². The van der Waals surface area contributed by atoms with E-state index >= 15 is 0 Å². The SMILES string of the molecule is CCn1nc(C)cc1COc1ccc([N+](=O)[O-])cc1C=O. The largest absolute Gasteiger partial charge is 0.487 e. The van der Waals surface area contributed by atoms with E-state index in [2.05, 4.69) is 5.10 Å². The number of hydrogen-bond acceptors (Lipinski definition) is 5. The van der Waals surface area contributed by atoms with Gasteiger partial charge >= 0.3 is 0 Å². The minimum atomic E-state index is -0.549. The smallest absolute Gasteiger partial charge is 0.270 e. The summed E-state index contributed by atoms with van der Waals surface area (Å²) in [6, 6.07) is 5.84. The number of non-ortho nitro benzene ring substituents is 1. The molecule has 0 aliphatic carbocycles. The molecule has 7 heteroatoms. The standard InChI is InChI=1S/C14H15N3O4/c1-3-16-13(6-10(2)15-16)9-21-14-5-4-12(17(19)20)7-11(14)8-18/h4-8H,3,9H2,1-2H3. The van der Waals surface area contributed by atoms with Crippen LogP contribution in [0, 0.1) is 17.0 Å². The Morgan fingerprint density at radius 1 is 1.43 bits per heavy atom. The van der Waals surface area contributed by atoms with Crippen LogP contribution in [0.25, 0.3) is 0 Å². The van der Waals surface area contributed by atoms with Crippen molar-refractivity contribution in [2.45, 2.75) is 27.0 Å². The lowest BCUT2D eigenvalue weighted by atomic mass is 10.2. The highest BCUT2D eigenvalue weighted by Crippen LogP contribution is 2.23. The molecular weight excluding hydrogens is 274 g/mol. The van der Waals surface area contributed by atoms with Gasteiger partial charge in [0.25, 0.3) is 5.69 Å². The lowest BCUT2D eigenvalue weighted by Gasteiger charge is -2.09. The molecule has 0 atom stereocenters. The van der Waals surface area contributed by atoms with Gasteiger partial charge in [0.15, 0.2) is 6.29 Å². The summed E-state index contributed by atoms with van der Waals surface area (Å²) in [5, 5.41) is 15.0. The van der Waals surface area contributed by atoms with Gasteiger partial charge in [-0.05, 0) is 26.0 Å². The van der Waals surface area contributed by atoms with Crippen molar-refractivity contribution in [2.24, 2.45) is 0 Å². The second-order valence-corrected chi connectivity index (χ2v) is 4.48. The molecule has 0 fully saturated rings. The average molecular weight is 289 g/mol. The Hall–Kier alpha value is -2.70. The minimum absolute atomic E-state index is 0.140. The predicted molar refractivity (Wildman–Crippen MR) is 75.5 cm³/mol. The van der Waals surface area contributed by atoms with Crippen molar-refractivity contribution < 1.29 is 14.5 Å². The molecule has 0 bridgehead atoms. The van der Waals surface area contributed by atoms with Gasteiger partial charge in [0.1, 0.15) is 12.4 Å². The molecule has 0 unspecified atom stereocenters. The molecule has 2 rings (SSSR count). The van der Waals surface area contributed by atoms with Gasteiger partial charge in [0, 0.05) is 18.7 Å². The number of aldehydes is 1. The van der Waals surface area contributed by atoms with Gasteiger partial charge in [-0.1, -0.05) is 0 Å². The summed E-state index contributed by atoms with van der Waals surface area (Å²) in [5.41, 5.74) is 1.78. The van der Waals surface area contributed by atoms with E-state index < -0.39 is 4.92 Å². The third-order valence-corrected chi connectivity index (χ3v) is 2.99. The van der Waals surface area contributed by atoms with E-state index in [1.54, 1.807) is 4.68 Å². The predicted octanol–water partition coefficient (Wildman–Crippen LogP) is 2.51. The number of rotatable bonds is 6. The Kier molecular flexibility index (Phi) is 4.32. The fraction of sp³-hybridized carbons (Fsp3) is 0.286. The van der Waals surface area contributed by atoms with Crippen LogP contribution in [0.2, 0.25) is 0 Å². The average Bonchev–Trinajstić information content (AvgIpc) is 2.84. The maximum absolute atomic E-state index is 11.0. The number of hydrogen-bond donors (Lipinski definition) is 0. The molecule has 0 spiro atoms. The molecule has 21 heavy (non-hydrogen) atoms. The maximum Gasteiger partial charge on any atom is 0.270 e. The quantitative estimate of drug-likeness (QED) is 0.463. The Morgan fingerprint density at radius 2 is 2.19 bits per heavy atom. The van der Waals surface area contributed by atoms with Crippen molar-refractivity contribution in [3.63, 3.8) is 0 Å². The Labute approximate surface area is 121 Å². The first-order chi connectivity index (χ1) is 10.0. The second-order valence-electron chi connectivity index (χ2n) is 4.48. The summed E-state index contributed by atoms with van der Waals surface area (Å²) in [4.78, 5) is 21.2. The van der Waals surface area contributed by atoms with Gasteiger partial charge in [0.2, 0.25) is 0 Å². The van der Waals surface area contributed by atoms with Crippen LogP contribution in [0.15, 0.2) is 24.3 Å². The number of nitro benzene ring substituents is 1. The number of ether oxygens (including phenoxy) is 1. The molecule has 1 aromatic heterocycles. The van der Waals surface area contributed by atoms with Crippen LogP contribution in [-0.4, -0.2) is 21.0 Å². The van der Waals surface area contributed by atoms with Gasteiger partial charge < -0.3 is 4.74 Å². The monoisotopic (exact) mass is 289 g/mol.